The maximum absolute atomic E-state index is 13.2. The third-order valence-corrected chi connectivity index (χ3v) is 6.51. The molecule has 2 saturated heterocycles. The molecular weight excluding hydrogens is 334 g/mol. The average Bonchev–Trinajstić information content (AvgIpc) is 2.65. The quantitative estimate of drug-likeness (QED) is 0.821. The van der Waals surface area contributed by atoms with Gasteiger partial charge in [-0.25, -0.2) is 13.2 Å². The van der Waals surface area contributed by atoms with Crippen LogP contribution in [0.2, 0.25) is 0 Å². The van der Waals surface area contributed by atoms with Gasteiger partial charge in [-0.2, -0.15) is 4.31 Å². The number of oxazole rings is 1. The van der Waals surface area contributed by atoms with Crippen LogP contribution in [0.3, 0.4) is 0 Å². The van der Waals surface area contributed by atoms with Crippen LogP contribution in [-0.2, 0) is 14.8 Å². The lowest BCUT2D eigenvalue weighted by Crippen LogP contribution is -2.45. The average molecular weight is 353 g/mol. The number of ether oxygens (including phenoxy) is 1. The number of likely N-dealkylation sites (N-methyl/N-ethyl adjacent to an activating group) is 1. The van der Waals surface area contributed by atoms with E-state index >= 15 is 0 Å². The molecule has 0 saturated carbocycles. The topological polar surface area (TPSA) is 95.9 Å². The summed E-state index contributed by atoms with van der Waals surface area (Å²) in [5, 5.41) is 0. The van der Waals surface area contributed by atoms with Crippen molar-refractivity contribution >= 4 is 21.1 Å². The number of fused-ring (bicyclic) bond motifs is 4. The molecule has 24 heavy (non-hydrogen) atoms. The van der Waals surface area contributed by atoms with Gasteiger partial charge in [0.2, 0.25) is 10.0 Å². The van der Waals surface area contributed by atoms with E-state index in [0.717, 1.165) is 6.54 Å². The van der Waals surface area contributed by atoms with Gasteiger partial charge in [-0.15, -0.1) is 0 Å². The van der Waals surface area contributed by atoms with Gasteiger partial charge in [0.25, 0.3) is 0 Å². The van der Waals surface area contributed by atoms with Crippen molar-refractivity contribution < 1.29 is 17.6 Å². The second kappa shape index (κ2) is 5.69. The van der Waals surface area contributed by atoms with Crippen LogP contribution < -0.4 is 5.76 Å². The Hall–Kier alpha value is -1.68. The number of rotatable bonds is 2. The lowest BCUT2D eigenvalue weighted by Gasteiger charge is -2.28. The van der Waals surface area contributed by atoms with Crippen molar-refractivity contribution in [2.45, 2.75) is 10.9 Å². The summed E-state index contributed by atoms with van der Waals surface area (Å²) < 4.78 is 38.5. The summed E-state index contributed by atoms with van der Waals surface area (Å²) in [6, 6.07) is 4.24. The highest BCUT2D eigenvalue weighted by atomic mass is 32.2. The first-order chi connectivity index (χ1) is 11.4. The Bertz CT molecular complexity index is 919. The Morgan fingerprint density at radius 3 is 2.88 bits per heavy atom. The summed E-state index contributed by atoms with van der Waals surface area (Å²) in [5.74, 6) is -0.452. The van der Waals surface area contributed by atoms with Crippen LogP contribution in [0.5, 0.6) is 0 Å². The Balaban J connectivity index is 1.76. The molecule has 0 amide bonds. The largest absolute Gasteiger partial charge is 0.417 e. The number of sulfonamides is 1. The number of hydrogen-bond donors (Lipinski definition) is 1. The van der Waals surface area contributed by atoms with Gasteiger partial charge in [0.1, 0.15) is 0 Å². The molecule has 3 heterocycles. The molecule has 8 nitrogen and oxygen atoms in total. The van der Waals surface area contributed by atoms with Crippen molar-refractivity contribution in [1.29, 1.82) is 0 Å². The van der Waals surface area contributed by atoms with Crippen LogP contribution in [0.25, 0.3) is 11.1 Å². The monoisotopic (exact) mass is 353 g/mol. The zero-order chi connectivity index (χ0) is 16.9. The van der Waals surface area contributed by atoms with E-state index in [9.17, 15) is 13.2 Å². The molecule has 1 aromatic heterocycles. The van der Waals surface area contributed by atoms with Crippen molar-refractivity contribution in [1.82, 2.24) is 14.2 Å². The Morgan fingerprint density at radius 1 is 1.21 bits per heavy atom. The maximum Gasteiger partial charge on any atom is 0.417 e. The summed E-state index contributed by atoms with van der Waals surface area (Å²) in [6.45, 7) is 2.85. The fraction of sp³-hybridized carbons (Fsp3) is 0.533. The highest BCUT2D eigenvalue weighted by Gasteiger charge is 2.39. The maximum atomic E-state index is 13.2. The molecule has 0 aliphatic carbocycles. The number of H-pyrrole nitrogens is 1. The number of benzene rings is 1. The fourth-order valence-electron chi connectivity index (χ4n) is 3.56. The molecule has 2 aromatic rings. The zero-order valence-electron chi connectivity index (χ0n) is 13.3. The number of aromatic nitrogens is 1. The minimum atomic E-state index is -3.69. The third-order valence-electron chi connectivity index (χ3n) is 4.60. The molecule has 4 rings (SSSR count). The molecule has 9 heteroatoms. The number of aromatic amines is 1. The molecule has 0 spiro atoms. The molecule has 2 atom stereocenters. The predicted molar refractivity (Wildman–Crippen MR) is 86.3 cm³/mol. The molecule has 130 valence electrons. The van der Waals surface area contributed by atoms with Crippen molar-refractivity contribution in [2.75, 3.05) is 39.9 Å². The van der Waals surface area contributed by atoms with Crippen LogP contribution in [-0.4, -0.2) is 68.5 Å². The van der Waals surface area contributed by atoms with E-state index in [1.54, 1.807) is 10.4 Å². The molecule has 1 N–H and O–H groups in total. The van der Waals surface area contributed by atoms with Gasteiger partial charge in [-0.3, -0.25) is 4.98 Å². The third kappa shape index (κ3) is 2.67. The summed E-state index contributed by atoms with van der Waals surface area (Å²) in [5.41, 5.74) is 0.726. The molecule has 0 unspecified atom stereocenters. The molecule has 2 bridgehead atoms. The van der Waals surface area contributed by atoms with Crippen molar-refractivity contribution in [3.05, 3.63) is 28.7 Å². The normalized spacial score (nSPS) is 26.5. The number of nitrogens with zero attached hydrogens (tertiary/aromatic N) is 2. The fourth-order valence-corrected chi connectivity index (χ4v) is 5.25. The van der Waals surface area contributed by atoms with E-state index < -0.39 is 15.8 Å². The lowest BCUT2D eigenvalue weighted by atomic mass is 10.1. The first kappa shape index (κ1) is 15.8. The minimum Gasteiger partial charge on any atom is -0.408 e. The van der Waals surface area contributed by atoms with Gasteiger partial charge in [0.15, 0.2) is 5.58 Å². The highest BCUT2D eigenvalue weighted by molar-refractivity contribution is 7.89. The van der Waals surface area contributed by atoms with Gasteiger partial charge in [-0.1, -0.05) is 0 Å². The van der Waals surface area contributed by atoms with Gasteiger partial charge < -0.3 is 14.1 Å². The number of nitrogens with one attached hydrogen (secondary N) is 1. The second-order valence-corrected chi connectivity index (χ2v) is 8.42. The zero-order valence-corrected chi connectivity index (χ0v) is 14.1. The summed E-state index contributed by atoms with van der Waals surface area (Å²) >= 11 is 0. The SMILES string of the molecule is CN1C[C@@H]2COC[C@H](C1)N(S(=O)(=O)c1ccc3[nH]c(=O)oc3c1)C2. The Labute approximate surface area is 139 Å². The molecule has 1 aromatic carbocycles. The van der Waals surface area contributed by atoms with E-state index in [0.29, 0.717) is 31.8 Å². The van der Waals surface area contributed by atoms with Crippen molar-refractivity contribution in [3.63, 3.8) is 0 Å². The van der Waals surface area contributed by atoms with E-state index in [1.807, 2.05) is 7.05 Å². The smallest absolute Gasteiger partial charge is 0.408 e. The lowest BCUT2D eigenvalue weighted by molar-refractivity contribution is 0.0659. The van der Waals surface area contributed by atoms with Gasteiger partial charge >= 0.3 is 5.76 Å². The molecule has 2 fully saturated rings. The predicted octanol–water partition coefficient (Wildman–Crippen LogP) is 0.0722. The van der Waals surface area contributed by atoms with Crippen LogP contribution in [0.4, 0.5) is 0 Å². The molecular formula is C15H19N3O5S. The van der Waals surface area contributed by atoms with E-state index in [-0.39, 0.29) is 22.4 Å². The van der Waals surface area contributed by atoms with Gasteiger partial charge in [0, 0.05) is 31.6 Å². The van der Waals surface area contributed by atoms with Crippen molar-refractivity contribution in [2.24, 2.45) is 5.92 Å². The Kier molecular flexibility index (Phi) is 3.75. The standard InChI is InChI=1S/C15H19N3O5S/c1-17-5-10-6-18(11(7-17)9-22-8-10)24(20,21)12-2-3-13-14(4-12)23-15(19)16-13/h2-4,10-11H,5-9H2,1H3,(H,16,19)/t10-,11-/m0/s1. The molecule has 2 aliphatic rings. The van der Waals surface area contributed by atoms with Crippen LogP contribution >= 0.6 is 0 Å². The Morgan fingerprint density at radius 2 is 2.04 bits per heavy atom. The van der Waals surface area contributed by atoms with Gasteiger partial charge in [-0.05, 0) is 19.2 Å². The van der Waals surface area contributed by atoms with Gasteiger partial charge in [0.05, 0.1) is 29.7 Å². The molecule has 0 radical (unpaired) electrons. The minimum absolute atomic E-state index is 0.132. The summed E-state index contributed by atoms with van der Waals surface area (Å²) in [7, 11) is -1.69. The van der Waals surface area contributed by atoms with Crippen LogP contribution in [0.15, 0.2) is 32.3 Å². The summed E-state index contributed by atoms with van der Waals surface area (Å²) in [4.78, 5) is 16.1. The highest BCUT2D eigenvalue weighted by Crippen LogP contribution is 2.27. The first-order valence-electron chi connectivity index (χ1n) is 7.84. The summed E-state index contributed by atoms with van der Waals surface area (Å²) in [6.07, 6.45) is 0. The van der Waals surface area contributed by atoms with Crippen LogP contribution in [0.1, 0.15) is 0 Å². The van der Waals surface area contributed by atoms with E-state index in [2.05, 4.69) is 9.88 Å². The van der Waals surface area contributed by atoms with E-state index in [1.165, 1.54) is 12.1 Å². The molecule has 2 aliphatic heterocycles. The van der Waals surface area contributed by atoms with Crippen molar-refractivity contribution in [3.8, 4) is 0 Å². The number of hydrogen-bond acceptors (Lipinski definition) is 6. The first-order valence-corrected chi connectivity index (χ1v) is 9.28. The van der Waals surface area contributed by atoms with Crippen LogP contribution in [0, 0.1) is 5.92 Å². The second-order valence-electron chi connectivity index (χ2n) is 6.53. The van der Waals surface area contributed by atoms with E-state index in [4.69, 9.17) is 9.15 Å².